The lowest BCUT2D eigenvalue weighted by Gasteiger charge is -2.22. The summed E-state index contributed by atoms with van der Waals surface area (Å²) < 4.78 is 0.681. The molecule has 0 saturated carbocycles. The van der Waals surface area contributed by atoms with Crippen molar-refractivity contribution in [3.63, 3.8) is 0 Å². The first-order valence-corrected chi connectivity index (χ1v) is 14.2. The molecule has 5 rings (SSSR count). The molecule has 1 aliphatic heterocycles. The van der Waals surface area contributed by atoms with Crippen LogP contribution in [-0.4, -0.2) is 27.0 Å². The van der Waals surface area contributed by atoms with Crippen LogP contribution in [0.2, 0.25) is 5.02 Å². The fourth-order valence-corrected chi connectivity index (χ4v) is 6.18. The van der Waals surface area contributed by atoms with Gasteiger partial charge in [-0.3, -0.25) is 14.5 Å². The summed E-state index contributed by atoms with van der Waals surface area (Å²) in [5, 5.41) is 20.6. The maximum absolute atomic E-state index is 13.4. The molecule has 1 aromatic heterocycles. The summed E-state index contributed by atoms with van der Waals surface area (Å²) in [6.45, 7) is 4.10. The number of hydrogen-bond donors (Lipinski definition) is 1. The van der Waals surface area contributed by atoms with Gasteiger partial charge in [-0.05, 0) is 54.3 Å². The topological polar surface area (TPSA) is 83.4 Å². The van der Waals surface area contributed by atoms with Gasteiger partial charge in [0, 0.05) is 16.3 Å². The number of benzene rings is 3. The number of carbonyl (C=O) groups excluding carboxylic acids is 2. The molecule has 3 aromatic carbocycles. The summed E-state index contributed by atoms with van der Waals surface area (Å²) in [4.78, 5) is 28.1. The third-order valence-corrected chi connectivity index (χ3v) is 8.73. The van der Waals surface area contributed by atoms with Crippen molar-refractivity contribution in [3.8, 4) is 0 Å². The molecular formula is C29H24ClN3O3S2. The van der Waals surface area contributed by atoms with Gasteiger partial charge in [0.1, 0.15) is 5.76 Å². The number of carbonyl (C=O) groups is 2. The van der Waals surface area contributed by atoms with Crippen LogP contribution in [0.25, 0.3) is 5.76 Å². The summed E-state index contributed by atoms with van der Waals surface area (Å²) in [6, 6.07) is 21.6. The lowest BCUT2D eigenvalue weighted by atomic mass is 9.94. The predicted molar refractivity (Wildman–Crippen MR) is 153 cm³/mol. The van der Waals surface area contributed by atoms with E-state index in [0.29, 0.717) is 31.4 Å². The Labute approximate surface area is 234 Å². The van der Waals surface area contributed by atoms with Crippen LogP contribution in [0, 0.1) is 6.92 Å². The molecule has 1 N–H and O–H groups in total. The fourth-order valence-electron chi connectivity index (χ4n) is 4.23. The van der Waals surface area contributed by atoms with Crippen LogP contribution in [-0.2, 0) is 21.8 Å². The first kappa shape index (κ1) is 26.2. The zero-order valence-electron chi connectivity index (χ0n) is 20.7. The van der Waals surface area contributed by atoms with Gasteiger partial charge in [0.25, 0.3) is 5.78 Å². The lowest BCUT2D eigenvalue weighted by molar-refractivity contribution is -0.132. The van der Waals surface area contributed by atoms with E-state index in [1.165, 1.54) is 33.6 Å². The highest BCUT2D eigenvalue weighted by molar-refractivity contribution is 8.00. The van der Waals surface area contributed by atoms with Crippen molar-refractivity contribution in [1.82, 2.24) is 10.2 Å². The summed E-state index contributed by atoms with van der Waals surface area (Å²) in [5.74, 6) is -1.08. The number of aliphatic hydroxyl groups excluding tert-OH is 1. The van der Waals surface area contributed by atoms with Crippen LogP contribution in [0.1, 0.15) is 40.8 Å². The van der Waals surface area contributed by atoms with E-state index in [-0.39, 0.29) is 11.3 Å². The van der Waals surface area contributed by atoms with Crippen molar-refractivity contribution in [3.05, 3.63) is 111 Å². The Morgan fingerprint density at radius 2 is 1.63 bits per heavy atom. The number of ketones is 1. The number of aromatic nitrogens is 2. The normalized spacial score (nSPS) is 16.8. The predicted octanol–water partition coefficient (Wildman–Crippen LogP) is 6.98. The number of halogens is 1. The van der Waals surface area contributed by atoms with E-state index < -0.39 is 17.7 Å². The van der Waals surface area contributed by atoms with Gasteiger partial charge >= 0.3 is 5.91 Å². The maximum Gasteiger partial charge on any atom is 0.301 e. The molecule has 192 valence electrons. The Hall–Kier alpha value is -3.46. The number of Topliss-reactive ketones (excluding diaryl/α,β-unsaturated/α-hetero) is 1. The number of thioether (sulfide) groups is 1. The third-order valence-electron chi connectivity index (χ3n) is 6.35. The first-order chi connectivity index (χ1) is 18.4. The Kier molecular flexibility index (Phi) is 7.65. The van der Waals surface area contributed by atoms with Gasteiger partial charge in [-0.2, -0.15) is 0 Å². The highest BCUT2D eigenvalue weighted by Crippen LogP contribution is 2.44. The molecule has 4 aromatic rings. The maximum atomic E-state index is 13.4. The van der Waals surface area contributed by atoms with Crippen LogP contribution in [0.5, 0.6) is 0 Å². The second-order valence-corrected chi connectivity index (χ2v) is 11.5. The molecular weight excluding hydrogens is 538 g/mol. The molecule has 0 aliphatic carbocycles. The highest BCUT2D eigenvalue weighted by atomic mass is 35.5. The molecule has 0 spiro atoms. The number of anilines is 1. The van der Waals surface area contributed by atoms with E-state index in [2.05, 4.69) is 41.4 Å². The molecule has 2 heterocycles. The van der Waals surface area contributed by atoms with Crippen molar-refractivity contribution in [2.24, 2.45) is 0 Å². The summed E-state index contributed by atoms with van der Waals surface area (Å²) in [5.41, 5.74) is 4.56. The molecule has 1 fully saturated rings. The van der Waals surface area contributed by atoms with Gasteiger partial charge < -0.3 is 5.11 Å². The third kappa shape index (κ3) is 5.25. The monoisotopic (exact) mass is 561 g/mol. The molecule has 0 radical (unpaired) electrons. The van der Waals surface area contributed by atoms with E-state index in [0.717, 1.165) is 17.5 Å². The molecule has 0 bridgehead atoms. The van der Waals surface area contributed by atoms with Crippen LogP contribution >= 0.6 is 34.7 Å². The van der Waals surface area contributed by atoms with E-state index in [4.69, 9.17) is 11.6 Å². The number of nitrogens with zero attached hydrogens (tertiary/aromatic N) is 3. The summed E-state index contributed by atoms with van der Waals surface area (Å²) in [7, 11) is 0. The van der Waals surface area contributed by atoms with E-state index in [9.17, 15) is 14.7 Å². The second-order valence-electron chi connectivity index (χ2n) is 8.90. The summed E-state index contributed by atoms with van der Waals surface area (Å²) >= 11 is 8.78. The van der Waals surface area contributed by atoms with E-state index in [1.54, 1.807) is 24.3 Å². The smallest absolute Gasteiger partial charge is 0.301 e. The number of rotatable bonds is 7. The number of amides is 1. The molecule has 1 unspecified atom stereocenters. The number of aliphatic hydroxyl groups is 1. The van der Waals surface area contributed by atoms with Crippen molar-refractivity contribution in [2.45, 2.75) is 36.4 Å². The lowest BCUT2D eigenvalue weighted by Crippen LogP contribution is -2.29. The zero-order chi connectivity index (χ0) is 26.8. The number of hydrogen-bond acceptors (Lipinski definition) is 7. The number of aryl methyl sites for hydroxylation is 2. The minimum Gasteiger partial charge on any atom is -0.507 e. The van der Waals surface area contributed by atoms with Crippen molar-refractivity contribution in [1.29, 1.82) is 0 Å². The van der Waals surface area contributed by atoms with Crippen molar-refractivity contribution < 1.29 is 14.7 Å². The Balaban J connectivity index is 1.53. The molecule has 6 nitrogen and oxygen atoms in total. The quantitative estimate of drug-likeness (QED) is 0.0861. The average molecular weight is 562 g/mol. The Morgan fingerprint density at radius 3 is 2.29 bits per heavy atom. The molecule has 1 saturated heterocycles. The minimum absolute atomic E-state index is 0.00521. The molecule has 9 heteroatoms. The van der Waals surface area contributed by atoms with Gasteiger partial charge in [-0.1, -0.05) is 95.7 Å². The SMILES string of the molecule is CCc1ccc(C2/C(=C(/O)c3ccc(Cl)cc3)C(=O)C(=O)N2c2nnc(SCc3ccc(C)cc3)s2)cc1. The van der Waals surface area contributed by atoms with Crippen LogP contribution in [0.3, 0.4) is 0 Å². The van der Waals surface area contributed by atoms with E-state index >= 15 is 0 Å². The van der Waals surface area contributed by atoms with Crippen LogP contribution < -0.4 is 4.90 Å². The highest BCUT2D eigenvalue weighted by Gasteiger charge is 2.48. The van der Waals surface area contributed by atoms with Crippen molar-refractivity contribution >= 4 is 57.3 Å². The molecule has 1 amide bonds. The average Bonchev–Trinajstić information content (AvgIpc) is 3.50. The van der Waals surface area contributed by atoms with Gasteiger partial charge in [0.05, 0.1) is 11.6 Å². The summed E-state index contributed by atoms with van der Waals surface area (Å²) in [6.07, 6.45) is 0.850. The molecule has 1 aliphatic rings. The van der Waals surface area contributed by atoms with Gasteiger partial charge in [0.15, 0.2) is 4.34 Å². The largest absolute Gasteiger partial charge is 0.507 e. The molecule has 38 heavy (non-hydrogen) atoms. The van der Waals surface area contributed by atoms with E-state index in [1.807, 2.05) is 31.2 Å². The standard InChI is InChI=1S/C29H24ClN3O3S2/c1-3-18-8-10-20(11-9-18)24-23(25(34)21-12-14-22(30)15-13-21)26(35)27(36)33(24)28-31-32-29(38-28)37-16-19-6-4-17(2)5-7-19/h4-15,24,34H,3,16H2,1-2H3/b25-23-. The zero-order valence-corrected chi connectivity index (χ0v) is 23.1. The van der Waals surface area contributed by atoms with Crippen LogP contribution in [0.15, 0.2) is 82.7 Å². The van der Waals surface area contributed by atoms with Gasteiger partial charge in [0.2, 0.25) is 5.13 Å². The Bertz CT molecular complexity index is 1510. The minimum atomic E-state index is -0.848. The van der Waals surface area contributed by atoms with Crippen LogP contribution in [0.4, 0.5) is 5.13 Å². The fraction of sp³-hybridized carbons (Fsp3) is 0.172. The van der Waals surface area contributed by atoms with Crippen molar-refractivity contribution in [2.75, 3.05) is 4.90 Å². The van der Waals surface area contributed by atoms with Gasteiger partial charge in [-0.25, -0.2) is 0 Å². The Morgan fingerprint density at radius 1 is 0.974 bits per heavy atom. The molecule has 1 atom stereocenters. The first-order valence-electron chi connectivity index (χ1n) is 12.0. The van der Waals surface area contributed by atoms with Gasteiger partial charge in [-0.15, -0.1) is 10.2 Å². The second kappa shape index (κ2) is 11.1.